The van der Waals surface area contributed by atoms with Gasteiger partial charge < -0.3 is 14.6 Å². The zero-order valence-electron chi connectivity index (χ0n) is 12.8. The van der Waals surface area contributed by atoms with Gasteiger partial charge in [0.15, 0.2) is 0 Å². The summed E-state index contributed by atoms with van der Waals surface area (Å²) in [5.74, 6) is 4.61. The quantitative estimate of drug-likeness (QED) is 0.757. The van der Waals surface area contributed by atoms with Crippen LogP contribution in [0.2, 0.25) is 0 Å². The number of hydrogen-bond acceptors (Lipinski definition) is 6. The van der Waals surface area contributed by atoms with Gasteiger partial charge in [-0.1, -0.05) is 0 Å². The van der Waals surface area contributed by atoms with Crippen LogP contribution in [-0.4, -0.2) is 41.3 Å². The van der Waals surface area contributed by atoms with Gasteiger partial charge in [-0.15, -0.1) is 0 Å². The smallest absolute Gasteiger partial charge is 0.222 e. The number of anilines is 1. The molecule has 1 N–H and O–H groups in total. The maximum Gasteiger partial charge on any atom is 0.222 e. The minimum atomic E-state index is 0.687. The molecule has 0 aromatic carbocycles. The van der Waals surface area contributed by atoms with E-state index in [1.807, 2.05) is 51.2 Å². The number of aromatic nitrogens is 2. The van der Waals surface area contributed by atoms with Gasteiger partial charge in [0.05, 0.1) is 12.3 Å². The third-order valence-corrected chi connectivity index (χ3v) is 3.73. The fraction of sp³-hybridized carbons (Fsp3) is 0.467. The molecule has 2 aromatic heterocycles. The lowest BCUT2D eigenvalue weighted by molar-refractivity contribution is 0.344. The molecule has 2 aromatic rings. The minimum absolute atomic E-state index is 0.687. The number of hydrogen-bond donors (Lipinski definition) is 1. The summed E-state index contributed by atoms with van der Waals surface area (Å²) in [5, 5.41) is 3.21. The normalized spacial score (nSPS) is 11.0. The van der Waals surface area contributed by atoms with Crippen molar-refractivity contribution in [1.82, 2.24) is 14.9 Å². The summed E-state index contributed by atoms with van der Waals surface area (Å²) in [6.45, 7) is 3.67. The molecule has 0 atom stereocenters. The number of furan rings is 1. The van der Waals surface area contributed by atoms with Gasteiger partial charge >= 0.3 is 0 Å². The molecule has 0 radical (unpaired) electrons. The van der Waals surface area contributed by atoms with Crippen LogP contribution in [0.4, 0.5) is 5.95 Å². The van der Waals surface area contributed by atoms with Crippen LogP contribution < -0.4 is 5.32 Å². The van der Waals surface area contributed by atoms with Gasteiger partial charge in [-0.2, -0.15) is 11.8 Å². The minimum Gasteiger partial charge on any atom is -0.464 e. The Morgan fingerprint density at radius 2 is 1.90 bits per heavy atom. The Bertz CT molecular complexity index is 539. The lowest BCUT2D eigenvalue weighted by Gasteiger charge is -2.06. The van der Waals surface area contributed by atoms with E-state index in [-0.39, 0.29) is 0 Å². The second kappa shape index (κ2) is 8.05. The Hall–Kier alpha value is -1.53. The van der Waals surface area contributed by atoms with E-state index in [0.29, 0.717) is 5.95 Å². The van der Waals surface area contributed by atoms with Gasteiger partial charge in [0.1, 0.15) is 11.5 Å². The second-order valence-electron chi connectivity index (χ2n) is 5.17. The molecule has 21 heavy (non-hydrogen) atoms. The Morgan fingerprint density at radius 3 is 2.62 bits per heavy atom. The molecule has 0 fully saturated rings. The molecule has 0 aliphatic heterocycles. The van der Waals surface area contributed by atoms with Crippen molar-refractivity contribution in [3.63, 3.8) is 0 Å². The third kappa shape index (κ3) is 5.77. The fourth-order valence-corrected chi connectivity index (χ4v) is 2.54. The van der Waals surface area contributed by atoms with E-state index >= 15 is 0 Å². The van der Waals surface area contributed by atoms with Gasteiger partial charge in [0, 0.05) is 24.7 Å². The zero-order chi connectivity index (χ0) is 15.1. The molecule has 0 saturated carbocycles. The van der Waals surface area contributed by atoms with E-state index in [4.69, 9.17) is 4.42 Å². The molecular weight excluding hydrogens is 284 g/mol. The second-order valence-corrected chi connectivity index (χ2v) is 6.27. The fourth-order valence-electron chi connectivity index (χ4n) is 1.79. The highest BCUT2D eigenvalue weighted by Gasteiger charge is 2.03. The molecule has 0 aliphatic carbocycles. The zero-order valence-corrected chi connectivity index (χ0v) is 13.6. The van der Waals surface area contributed by atoms with Crippen LogP contribution in [-0.2, 0) is 12.3 Å². The maximum atomic E-state index is 5.76. The van der Waals surface area contributed by atoms with Crippen molar-refractivity contribution in [2.75, 3.05) is 31.7 Å². The van der Waals surface area contributed by atoms with Crippen LogP contribution in [0.1, 0.15) is 17.1 Å². The average Bonchev–Trinajstić information content (AvgIpc) is 2.87. The summed E-state index contributed by atoms with van der Waals surface area (Å²) in [6.07, 6.45) is 3.63. The van der Waals surface area contributed by atoms with Crippen LogP contribution in [0.5, 0.6) is 0 Å². The molecule has 0 bridgehead atoms. The molecule has 0 amide bonds. The number of nitrogens with zero attached hydrogens (tertiary/aromatic N) is 3. The van der Waals surface area contributed by atoms with Crippen molar-refractivity contribution >= 4 is 17.7 Å². The van der Waals surface area contributed by atoms with E-state index in [0.717, 1.165) is 41.7 Å². The molecular formula is C15H22N4OS. The van der Waals surface area contributed by atoms with E-state index in [2.05, 4.69) is 26.3 Å². The molecule has 6 heteroatoms. The molecule has 2 rings (SSSR count). The Morgan fingerprint density at radius 1 is 1.19 bits per heavy atom. The van der Waals surface area contributed by atoms with E-state index in [9.17, 15) is 0 Å². The van der Waals surface area contributed by atoms with Crippen molar-refractivity contribution in [2.24, 2.45) is 0 Å². The van der Waals surface area contributed by atoms with E-state index < -0.39 is 0 Å². The van der Waals surface area contributed by atoms with Crippen molar-refractivity contribution < 1.29 is 4.42 Å². The number of aryl methyl sites for hydroxylation is 1. The van der Waals surface area contributed by atoms with Crippen LogP contribution in [0.3, 0.4) is 0 Å². The first-order chi connectivity index (χ1) is 10.1. The molecule has 5 nitrogen and oxygen atoms in total. The van der Waals surface area contributed by atoms with Gasteiger partial charge in [-0.05, 0) is 38.7 Å². The topological polar surface area (TPSA) is 54.2 Å². The summed E-state index contributed by atoms with van der Waals surface area (Å²) in [5.41, 5.74) is 1.07. The van der Waals surface area contributed by atoms with E-state index in [1.54, 1.807) is 0 Å². The van der Waals surface area contributed by atoms with Crippen LogP contribution in [0.25, 0.3) is 0 Å². The first kappa shape index (κ1) is 15.9. The first-order valence-corrected chi connectivity index (χ1v) is 8.11. The lowest BCUT2D eigenvalue weighted by Crippen LogP contribution is -2.09. The molecule has 0 unspecified atom stereocenters. The highest BCUT2D eigenvalue weighted by molar-refractivity contribution is 7.98. The summed E-state index contributed by atoms with van der Waals surface area (Å²) < 4.78 is 5.76. The Labute approximate surface area is 130 Å². The van der Waals surface area contributed by atoms with E-state index in [1.165, 1.54) is 0 Å². The van der Waals surface area contributed by atoms with Gasteiger partial charge in [-0.3, -0.25) is 0 Å². The highest BCUT2D eigenvalue weighted by atomic mass is 32.2. The van der Waals surface area contributed by atoms with Gasteiger partial charge in [-0.25, -0.2) is 9.97 Å². The van der Waals surface area contributed by atoms with Gasteiger partial charge in [0.2, 0.25) is 5.95 Å². The van der Waals surface area contributed by atoms with Crippen molar-refractivity contribution in [3.8, 4) is 0 Å². The summed E-state index contributed by atoms with van der Waals surface area (Å²) in [4.78, 5) is 10.5. The number of thioether (sulfide) groups is 1. The molecule has 114 valence electrons. The monoisotopic (exact) mass is 306 g/mol. The Balaban J connectivity index is 1.63. The summed E-state index contributed by atoms with van der Waals surface area (Å²) >= 11 is 1.84. The number of rotatable bonds is 8. The number of nitrogens with one attached hydrogen (secondary N) is 1. The standard InChI is InChI=1S/C15H22N4OS/c1-12-8-17-15(18-9-12)16-6-7-21-11-14-5-4-13(20-14)10-19(2)3/h4-5,8-9H,6-7,10-11H2,1-3H3,(H,16,17,18). The Kier molecular flexibility index (Phi) is 6.07. The molecule has 2 heterocycles. The predicted molar refractivity (Wildman–Crippen MR) is 87.5 cm³/mol. The maximum absolute atomic E-state index is 5.76. The van der Waals surface area contributed by atoms with Crippen molar-refractivity contribution in [2.45, 2.75) is 19.2 Å². The highest BCUT2D eigenvalue weighted by Crippen LogP contribution is 2.16. The van der Waals surface area contributed by atoms with Crippen LogP contribution >= 0.6 is 11.8 Å². The average molecular weight is 306 g/mol. The van der Waals surface area contributed by atoms with Crippen LogP contribution in [0, 0.1) is 6.92 Å². The molecule has 0 spiro atoms. The largest absolute Gasteiger partial charge is 0.464 e. The first-order valence-electron chi connectivity index (χ1n) is 6.96. The SMILES string of the molecule is Cc1cnc(NCCSCc2ccc(CN(C)C)o2)nc1. The summed E-state index contributed by atoms with van der Waals surface area (Å²) in [7, 11) is 4.07. The van der Waals surface area contributed by atoms with Crippen LogP contribution in [0.15, 0.2) is 28.9 Å². The summed E-state index contributed by atoms with van der Waals surface area (Å²) in [6, 6.07) is 4.11. The molecule has 0 saturated heterocycles. The predicted octanol–water partition coefficient (Wildman–Crippen LogP) is 2.78. The third-order valence-electron chi connectivity index (χ3n) is 2.74. The van der Waals surface area contributed by atoms with Crippen molar-refractivity contribution in [1.29, 1.82) is 0 Å². The van der Waals surface area contributed by atoms with Crippen molar-refractivity contribution in [3.05, 3.63) is 41.6 Å². The van der Waals surface area contributed by atoms with Gasteiger partial charge in [0.25, 0.3) is 0 Å². The lowest BCUT2D eigenvalue weighted by atomic mass is 10.4. The molecule has 0 aliphatic rings.